The van der Waals surface area contributed by atoms with Gasteiger partial charge in [0.1, 0.15) is 11.4 Å². The zero-order chi connectivity index (χ0) is 17.0. The van der Waals surface area contributed by atoms with Crippen LogP contribution in [0.4, 0.5) is 0 Å². The second kappa shape index (κ2) is 7.63. The first kappa shape index (κ1) is 17.5. The predicted molar refractivity (Wildman–Crippen MR) is 95.2 cm³/mol. The standard InChI is InChI=1S/C17H18INO4/c1-4-22-17(21)16-10(2)15(11(3)19-16)13(20)9-23-14-8-6-5-7-12(14)18/h5-8,19H,4,9H2,1-3H3. The van der Waals surface area contributed by atoms with Crippen molar-refractivity contribution in [3.63, 3.8) is 0 Å². The van der Waals surface area contributed by atoms with Gasteiger partial charge < -0.3 is 14.5 Å². The van der Waals surface area contributed by atoms with Gasteiger partial charge in [0, 0.05) is 11.3 Å². The lowest BCUT2D eigenvalue weighted by Crippen LogP contribution is -2.14. The Morgan fingerprint density at radius 1 is 1.22 bits per heavy atom. The normalized spacial score (nSPS) is 10.4. The molecule has 0 bridgehead atoms. The SMILES string of the molecule is CCOC(=O)c1[nH]c(C)c(C(=O)COc2ccccc2I)c1C. The van der Waals surface area contributed by atoms with E-state index in [0.29, 0.717) is 28.3 Å². The molecule has 0 spiro atoms. The largest absolute Gasteiger partial charge is 0.484 e. The van der Waals surface area contributed by atoms with E-state index >= 15 is 0 Å². The number of H-pyrrole nitrogens is 1. The van der Waals surface area contributed by atoms with E-state index in [0.717, 1.165) is 3.57 Å². The van der Waals surface area contributed by atoms with Gasteiger partial charge in [0.15, 0.2) is 6.61 Å². The maximum absolute atomic E-state index is 12.5. The predicted octanol–water partition coefficient (Wildman–Crippen LogP) is 3.67. The van der Waals surface area contributed by atoms with Gasteiger partial charge >= 0.3 is 5.97 Å². The van der Waals surface area contributed by atoms with Gasteiger partial charge in [-0.05, 0) is 61.1 Å². The molecule has 0 aliphatic heterocycles. The van der Waals surface area contributed by atoms with Crippen LogP contribution < -0.4 is 4.74 Å². The number of benzene rings is 1. The van der Waals surface area contributed by atoms with Crippen LogP contribution in [0.3, 0.4) is 0 Å². The summed E-state index contributed by atoms with van der Waals surface area (Å²) < 4.78 is 11.5. The molecule has 0 saturated heterocycles. The third-order valence-corrected chi connectivity index (χ3v) is 4.28. The summed E-state index contributed by atoms with van der Waals surface area (Å²) in [5, 5.41) is 0. The number of esters is 1. The minimum Gasteiger partial charge on any atom is -0.484 e. The highest BCUT2D eigenvalue weighted by atomic mass is 127. The van der Waals surface area contributed by atoms with Crippen molar-refractivity contribution in [3.8, 4) is 5.75 Å². The number of Topliss-reactive ketones (excluding diaryl/α,β-unsaturated/α-hetero) is 1. The Balaban J connectivity index is 2.17. The first-order valence-corrected chi connectivity index (χ1v) is 8.30. The molecule has 0 unspecified atom stereocenters. The first-order chi connectivity index (χ1) is 11.0. The van der Waals surface area contributed by atoms with Crippen LogP contribution in [0.2, 0.25) is 0 Å². The Labute approximate surface area is 148 Å². The van der Waals surface area contributed by atoms with Crippen molar-refractivity contribution in [2.75, 3.05) is 13.2 Å². The lowest BCUT2D eigenvalue weighted by atomic mass is 10.1. The van der Waals surface area contributed by atoms with Gasteiger partial charge in [0.2, 0.25) is 5.78 Å². The fraction of sp³-hybridized carbons (Fsp3) is 0.294. The fourth-order valence-corrected chi connectivity index (χ4v) is 2.90. The summed E-state index contributed by atoms with van der Waals surface area (Å²) in [5.41, 5.74) is 2.04. The van der Waals surface area contributed by atoms with Crippen molar-refractivity contribution in [2.45, 2.75) is 20.8 Å². The molecule has 0 saturated carbocycles. The Bertz CT molecular complexity index is 736. The molecular formula is C17H18INO4. The Morgan fingerprint density at radius 2 is 1.91 bits per heavy atom. The van der Waals surface area contributed by atoms with Crippen LogP contribution >= 0.6 is 22.6 Å². The molecule has 5 nitrogen and oxygen atoms in total. The monoisotopic (exact) mass is 427 g/mol. The maximum Gasteiger partial charge on any atom is 0.355 e. The molecule has 1 N–H and O–H groups in total. The van der Waals surface area contributed by atoms with Gasteiger partial charge in [-0.3, -0.25) is 4.79 Å². The minimum absolute atomic E-state index is 0.0815. The molecule has 0 amide bonds. The number of hydrogen-bond acceptors (Lipinski definition) is 4. The number of aromatic amines is 1. The molecule has 0 fully saturated rings. The number of aromatic nitrogens is 1. The summed E-state index contributed by atoms with van der Waals surface area (Å²) in [6.07, 6.45) is 0. The number of aryl methyl sites for hydroxylation is 1. The van der Waals surface area contributed by atoms with E-state index in [1.165, 1.54) is 0 Å². The van der Waals surface area contributed by atoms with Gasteiger partial charge in [0.05, 0.1) is 10.2 Å². The van der Waals surface area contributed by atoms with Crippen LogP contribution in [0.15, 0.2) is 24.3 Å². The molecule has 0 aliphatic rings. The van der Waals surface area contributed by atoms with Crippen molar-refractivity contribution in [2.24, 2.45) is 0 Å². The van der Waals surface area contributed by atoms with Crippen LogP contribution in [-0.2, 0) is 4.74 Å². The Kier molecular flexibility index (Phi) is 5.81. The molecule has 6 heteroatoms. The molecule has 2 rings (SSSR count). The van der Waals surface area contributed by atoms with Gasteiger partial charge in [-0.25, -0.2) is 4.79 Å². The second-order valence-corrected chi connectivity index (χ2v) is 6.15. The summed E-state index contributed by atoms with van der Waals surface area (Å²) >= 11 is 2.15. The molecule has 1 heterocycles. The lowest BCUT2D eigenvalue weighted by Gasteiger charge is -2.08. The van der Waals surface area contributed by atoms with Gasteiger partial charge in [-0.2, -0.15) is 0 Å². The maximum atomic E-state index is 12.5. The van der Waals surface area contributed by atoms with E-state index in [9.17, 15) is 9.59 Å². The molecule has 1 aromatic carbocycles. The molecule has 23 heavy (non-hydrogen) atoms. The third-order valence-electron chi connectivity index (χ3n) is 3.39. The highest BCUT2D eigenvalue weighted by Crippen LogP contribution is 2.22. The molecular weight excluding hydrogens is 409 g/mol. The number of ketones is 1. The number of para-hydroxylation sites is 1. The zero-order valence-corrected chi connectivity index (χ0v) is 15.4. The van der Waals surface area contributed by atoms with E-state index in [-0.39, 0.29) is 19.0 Å². The highest BCUT2D eigenvalue weighted by molar-refractivity contribution is 14.1. The quantitative estimate of drug-likeness (QED) is 0.434. The number of nitrogens with one attached hydrogen (secondary N) is 1. The number of halogens is 1. The number of carbonyl (C=O) groups excluding carboxylic acids is 2. The van der Waals surface area contributed by atoms with E-state index in [2.05, 4.69) is 27.6 Å². The summed E-state index contributed by atoms with van der Waals surface area (Å²) in [7, 11) is 0. The average Bonchev–Trinajstić information content (AvgIpc) is 2.81. The van der Waals surface area contributed by atoms with Gasteiger partial charge in [0.25, 0.3) is 0 Å². The first-order valence-electron chi connectivity index (χ1n) is 7.22. The van der Waals surface area contributed by atoms with Crippen molar-refractivity contribution < 1.29 is 19.1 Å². The summed E-state index contributed by atoms with van der Waals surface area (Å²) in [5.74, 6) is 0.0371. The second-order valence-electron chi connectivity index (χ2n) is 4.99. The summed E-state index contributed by atoms with van der Waals surface area (Å²) in [4.78, 5) is 27.3. The van der Waals surface area contributed by atoms with Gasteiger partial charge in [-0.1, -0.05) is 12.1 Å². The van der Waals surface area contributed by atoms with E-state index in [1.54, 1.807) is 20.8 Å². The van der Waals surface area contributed by atoms with Crippen molar-refractivity contribution >= 4 is 34.3 Å². The lowest BCUT2D eigenvalue weighted by molar-refractivity contribution is 0.0519. The van der Waals surface area contributed by atoms with Crippen LogP contribution in [0.5, 0.6) is 5.75 Å². The minimum atomic E-state index is -0.453. The molecule has 0 aliphatic carbocycles. The number of rotatable bonds is 6. The zero-order valence-electron chi connectivity index (χ0n) is 13.2. The number of ether oxygens (including phenoxy) is 2. The number of carbonyl (C=O) groups is 2. The summed E-state index contributed by atoms with van der Waals surface area (Å²) in [6, 6.07) is 7.48. The fourth-order valence-electron chi connectivity index (χ4n) is 2.35. The van der Waals surface area contributed by atoms with Gasteiger partial charge in [-0.15, -0.1) is 0 Å². The molecule has 0 atom stereocenters. The van der Waals surface area contributed by atoms with E-state index in [4.69, 9.17) is 9.47 Å². The highest BCUT2D eigenvalue weighted by Gasteiger charge is 2.23. The average molecular weight is 427 g/mol. The molecule has 0 radical (unpaired) electrons. The van der Waals surface area contributed by atoms with Crippen LogP contribution in [0, 0.1) is 17.4 Å². The molecule has 1 aromatic heterocycles. The van der Waals surface area contributed by atoms with Crippen molar-refractivity contribution in [3.05, 3.63) is 50.4 Å². The van der Waals surface area contributed by atoms with E-state index in [1.807, 2.05) is 24.3 Å². The Hall–Kier alpha value is -1.83. The van der Waals surface area contributed by atoms with Crippen molar-refractivity contribution in [1.29, 1.82) is 0 Å². The number of hydrogen-bond donors (Lipinski definition) is 1. The third kappa shape index (κ3) is 3.93. The molecule has 122 valence electrons. The van der Waals surface area contributed by atoms with Crippen LogP contribution in [0.25, 0.3) is 0 Å². The summed E-state index contributed by atoms with van der Waals surface area (Å²) in [6.45, 7) is 5.44. The smallest absolute Gasteiger partial charge is 0.355 e. The van der Waals surface area contributed by atoms with E-state index < -0.39 is 5.97 Å². The van der Waals surface area contributed by atoms with Crippen molar-refractivity contribution in [1.82, 2.24) is 4.98 Å². The molecule has 2 aromatic rings. The van der Waals surface area contributed by atoms with Crippen LogP contribution in [-0.4, -0.2) is 30.0 Å². The van der Waals surface area contributed by atoms with Crippen LogP contribution in [0.1, 0.15) is 39.0 Å². The topological polar surface area (TPSA) is 68.4 Å². The Morgan fingerprint density at radius 3 is 2.57 bits per heavy atom.